The molecule has 0 aliphatic heterocycles. The number of hydrogen-bond donors (Lipinski definition) is 3. The second kappa shape index (κ2) is 3.17. The first kappa shape index (κ1) is 10.3. The van der Waals surface area contributed by atoms with E-state index < -0.39 is 17.4 Å². The molecule has 1 atom stereocenters. The fraction of sp³-hybridized carbons (Fsp3) is 0.333. The van der Waals surface area contributed by atoms with Gasteiger partial charge < -0.3 is 15.9 Å². The van der Waals surface area contributed by atoms with Gasteiger partial charge in [-0.1, -0.05) is 6.08 Å². The largest absolute Gasteiger partial charge is 0.481 e. The van der Waals surface area contributed by atoms with E-state index >= 15 is 0 Å². The molecular weight excluding hydrogens is 186 g/mol. The van der Waals surface area contributed by atoms with Crippen LogP contribution in [0.25, 0.3) is 0 Å². The van der Waals surface area contributed by atoms with Crippen molar-refractivity contribution in [3.8, 4) is 0 Å². The zero-order chi connectivity index (χ0) is 10.9. The number of carboxylic acid groups (broad SMARTS) is 2. The van der Waals surface area contributed by atoms with E-state index in [1.807, 2.05) is 0 Å². The van der Waals surface area contributed by atoms with Crippen molar-refractivity contribution in [2.75, 3.05) is 0 Å². The van der Waals surface area contributed by atoms with Crippen LogP contribution in [-0.2, 0) is 9.59 Å². The van der Waals surface area contributed by atoms with Crippen molar-refractivity contribution in [1.29, 1.82) is 0 Å². The van der Waals surface area contributed by atoms with E-state index in [2.05, 4.69) is 0 Å². The van der Waals surface area contributed by atoms with E-state index in [-0.39, 0.29) is 17.7 Å². The Morgan fingerprint density at radius 2 is 2.00 bits per heavy atom. The standard InChI is InChI=1S/C9H11NO4/c1-9(8(13)14)4-5(7(11)12)2-3-6(9)10/h2-3H,4,10H2,1H3,(H,11,12)(H,13,14). The van der Waals surface area contributed by atoms with Gasteiger partial charge in [0.1, 0.15) is 5.41 Å². The minimum Gasteiger partial charge on any atom is -0.481 e. The quantitative estimate of drug-likeness (QED) is 0.592. The molecule has 14 heavy (non-hydrogen) atoms. The van der Waals surface area contributed by atoms with Crippen molar-refractivity contribution in [2.45, 2.75) is 13.3 Å². The third-order valence-electron chi connectivity index (χ3n) is 2.39. The predicted octanol–water partition coefficient (Wildman–Crippen LogP) is 0.335. The molecule has 76 valence electrons. The zero-order valence-corrected chi connectivity index (χ0v) is 7.65. The summed E-state index contributed by atoms with van der Waals surface area (Å²) in [6.45, 7) is 1.41. The van der Waals surface area contributed by atoms with Crippen LogP contribution in [0.3, 0.4) is 0 Å². The fourth-order valence-corrected chi connectivity index (χ4v) is 1.26. The molecule has 0 radical (unpaired) electrons. The van der Waals surface area contributed by atoms with E-state index in [9.17, 15) is 9.59 Å². The number of carboxylic acids is 2. The molecule has 0 saturated heterocycles. The van der Waals surface area contributed by atoms with Gasteiger partial charge in [-0.2, -0.15) is 0 Å². The highest BCUT2D eigenvalue weighted by Gasteiger charge is 2.39. The van der Waals surface area contributed by atoms with Crippen LogP contribution in [0, 0.1) is 5.41 Å². The Kier molecular flexibility index (Phi) is 2.33. The number of allylic oxidation sites excluding steroid dienone is 2. The predicted molar refractivity (Wildman–Crippen MR) is 48.3 cm³/mol. The highest BCUT2D eigenvalue weighted by Crippen LogP contribution is 2.35. The number of carbonyl (C=O) groups is 2. The first-order valence-electron chi connectivity index (χ1n) is 4.01. The molecule has 0 heterocycles. The molecule has 0 aromatic heterocycles. The molecule has 0 aromatic rings. The second-order valence-corrected chi connectivity index (χ2v) is 3.43. The third kappa shape index (κ3) is 1.48. The lowest BCUT2D eigenvalue weighted by atomic mass is 9.77. The average molecular weight is 197 g/mol. The molecule has 1 aliphatic carbocycles. The monoisotopic (exact) mass is 197 g/mol. The van der Waals surface area contributed by atoms with Crippen LogP contribution in [0.15, 0.2) is 23.4 Å². The van der Waals surface area contributed by atoms with Gasteiger partial charge in [0, 0.05) is 17.7 Å². The minimum atomic E-state index is -1.30. The van der Waals surface area contributed by atoms with Crippen molar-refractivity contribution in [1.82, 2.24) is 0 Å². The van der Waals surface area contributed by atoms with Crippen LogP contribution in [-0.4, -0.2) is 22.2 Å². The molecule has 0 amide bonds. The Balaban J connectivity index is 3.09. The molecule has 5 heteroatoms. The van der Waals surface area contributed by atoms with Gasteiger partial charge in [0.25, 0.3) is 0 Å². The molecule has 0 spiro atoms. The van der Waals surface area contributed by atoms with Gasteiger partial charge in [-0.05, 0) is 13.0 Å². The van der Waals surface area contributed by atoms with Gasteiger partial charge in [0.05, 0.1) is 0 Å². The molecule has 1 unspecified atom stereocenters. The van der Waals surface area contributed by atoms with Gasteiger partial charge in [-0.15, -0.1) is 0 Å². The smallest absolute Gasteiger partial charge is 0.331 e. The molecule has 0 saturated carbocycles. The van der Waals surface area contributed by atoms with Crippen LogP contribution < -0.4 is 5.73 Å². The first-order valence-corrected chi connectivity index (χ1v) is 4.01. The summed E-state index contributed by atoms with van der Waals surface area (Å²) in [5, 5.41) is 17.6. The lowest BCUT2D eigenvalue weighted by molar-refractivity contribution is -0.146. The Morgan fingerprint density at radius 3 is 2.43 bits per heavy atom. The summed E-state index contributed by atoms with van der Waals surface area (Å²) in [4.78, 5) is 21.6. The van der Waals surface area contributed by atoms with E-state index in [1.165, 1.54) is 19.1 Å². The number of aliphatic carboxylic acids is 2. The molecule has 0 aromatic carbocycles. The molecule has 5 nitrogen and oxygen atoms in total. The van der Waals surface area contributed by atoms with Crippen LogP contribution in [0.5, 0.6) is 0 Å². The van der Waals surface area contributed by atoms with E-state index in [0.717, 1.165) is 0 Å². The van der Waals surface area contributed by atoms with Gasteiger partial charge in [0.2, 0.25) is 0 Å². The Hall–Kier alpha value is -1.78. The average Bonchev–Trinajstić information content (AvgIpc) is 2.09. The summed E-state index contributed by atoms with van der Waals surface area (Å²) in [6, 6.07) is 0. The number of nitrogens with two attached hydrogens (primary N) is 1. The van der Waals surface area contributed by atoms with Crippen LogP contribution in [0.2, 0.25) is 0 Å². The van der Waals surface area contributed by atoms with Gasteiger partial charge in [-0.3, -0.25) is 4.79 Å². The van der Waals surface area contributed by atoms with Crippen LogP contribution >= 0.6 is 0 Å². The number of hydrogen-bond acceptors (Lipinski definition) is 3. The van der Waals surface area contributed by atoms with E-state index in [0.29, 0.717) is 0 Å². The summed E-state index contributed by atoms with van der Waals surface area (Å²) in [7, 11) is 0. The van der Waals surface area contributed by atoms with Crippen LogP contribution in [0.1, 0.15) is 13.3 Å². The van der Waals surface area contributed by atoms with Crippen LogP contribution in [0.4, 0.5) is 0 Å². The SMILES string of the molecule is CC1(C(=O)O)CC(C(=O)O)=CC=C1N. The Morgan fingerprint density at radius 1 is 1.43 bits per heavy atom. The number of rotatable bonds is 2. The molecule has 0 fully saturated rings. The van der Waals surface area contributed by atoms with E-state index in [1.54, 1.807) is 0 Å². The normalized spacial score (nSPS) is 26.4. The van der Waals surface area contributed by atoms with Gasteiger partial charge >= 0.3 is 11.9 Å². The van der Waals surface area contributed by atoms with Crippen molar-refractivity contribution in [3.05, 3.63) is 23.4 Å². The molecule has 1 aliphatic rings. The van der Waals surface area contributed by atoms with Crippen molar-refractivity contribution in [3.63, 3.8) is 0 Å². The van der Waals surface area contributed by atoms with Crippen molar-refractivity contribution >= 4 is 11.9 Å². The maximum atomic E-state index is 10.9. The van der Waals surface area contributed by atoms with Gasteiger partial charge in [0.15, 0.2) is 0 Å². The minimum absolute atomic E-state index is 0.0594. The summed E-state index contributed by atoms with van der Waals surface area (Å²) in [5.41, 5.74) is 4.45. The highest BCUT2D eigenvalue weighted by atomic mass is 16.4. The van der Waals surface area contributed by atoms with Gasteiger partial charge in [-0.25, -0.2) is 4.79 Å². The topological polar surface area (TPSA) is 101 Å². The fourth-order valence-electron chi connectivity index (χ4n) is 1.26. The first-order chi connectivity index (χ1) is 6.38. The van der Waals surface area contributed by atoms with E-state index in [4.69, 9.17) is 15.9 Å². The highest BCUT2D eigenvalue weighted by molar-refractivity contribution is 5.90. The lowest BCUT2D eigenvalue weighted by Crippen LogP contribution is -2.36. The zero-order valence-electron chi connectivity index (χ0n) is 7.65. The summed E-state index contributed by atoms with van der Waals surface area (Å²) < 4.78 is 0. The maximum absolute atomic E-state index is 10.9. The van der Waals surface area contributed by atoms with Crippen molar-refractivity contribution < 1.29 is 19.8 Å². The third-order valence-corrected chi connectivity index (χ3v) is 2.39. The Bertz CT molecular complexity index is 356. The summed E-state index contributed by atoms with van der Waals surface area (Å²) >= 11 is 0. The molecule has 1 rings (SSSR count). The summed E-state index contributed by atoms with van der Waals surface area (Å²) in [5.74, 6) is -2.22. The second-order valence-electron chi connectivity index (χ2n) is 3.43. The van der Waals surface area contributed by atoms with Crippen molar-refractivity contribution in [2.24, 2.45) is 11.1 Å². The molecule has 0 bridgehead atoms. The summed E-state index contributed by atoms with van der Waals surface area (Å²) in [6.07, 6.45) is 2.59. The Labute approximate surface area is 80.5 Å². The molecule has 4 N–H and O–H groups in total. The molecular formula is C9H11NO4. The lowest BCUT2D eigenvalue weighted by Gasteiger charge is -2.27. The maximum Gasteiger partial charge on any atom is 0.331 e.